The molecule has 0 fully saturated rings. The van der Waals surface area contributed by atoms with Crippen molar-refractivity contribution in [2.45, 2.75) is 13.3 Å². The van der Waals surface area contributed by atoms with E-state index in [1.807, 2.05) is 0 Å². The molecule has 5 nitrogen and oxygen atoms in total. The number of urea groups is 1. The number of carbonyl (C=O) groups excluding carboxylic acids is 2. The fourth-order valence-electron chi connectivity index (χ4n) is 0.693. The summed E-state index contributed by atoms with van der Waals surface area (Å²) in [6, 6.07) is -0.689. The Kier molecular flexibility index (Phi) is 4.21. The van der Waals surface area contributed by atoms with Crippen molar-refractivity contribution in [3.05, 3.63) is 0 Å². The number of hydrogen-bond acceptors (Lipinski definition) is 2. The Hall–Kier alpha value is -1.10. The second-order valence-corrected chi connectivity index (χ2v) is 2.22. The first kappa shape index (κ1) is 9.90. The highest BCUT2D eigenvalue weighted by molar-refractivity contribution is 5.92. The number of hydrogen-bond donors (Lipinski definition) is 2. The van der Waals surface area contributed by atoms with Crippen LogP contribution in [0.4, 0.5) is 4.79 Å². The Morgan fingerprint density at radius 3 is 2.36 bits per heavy atom. The van der Waals surface area contributed by atoms with Crippen LogP contribution in [0.25, 0.3) is 0 Å². The molecular formula is C6H14N3O2+. The van der Waals surface area contributed by atoms with E-state index in [0.29, 0.717) is 19.5 Å². The van der Waals surface area contributed by atoms with Gasteiger partial charge in [-0.05, 0) is 0 Å². The van der Waals surface area contributed by atoms with Gasteiger partial charge in [0.1, 0.15) is 0 Å². The summed E-state index contributed by atoms with van der Waals surface area (Å²) >= 11 is 0. The molecule has 0 spiro atoms. The van der Waals surface area contributed by atoms with Gasteiger partial charge in [-0.15, -0.1) is 0 Å². The molecule has 64 valence electrons. The topological polar surface area (TPSA) is 91.0 Å². The van der Waals surface area contributed by atoms with Crippen LogP contribution in [0, 0.1) is 0 Å². The monoisotopic (exact) mass is 160 g/mol. The highest BCUT2D eigenvalue weighted by Crippen LogP contribution is 1.90. The average Bonchev–Trinajstić information content (AvgIpc) is 1.87. The fourth-order valence-corrected chi connectivity index (χ4v) is 0.693. The minimum atomic E-state index is -0.689. The van der Waals surface area contributed by atoms with Crippen molar-refractivity contribution in [2.75, 3.05) is 13.1 Å². The van der Waals surface area contributed by atoms with Crippen LogP contribution in [-0.2, 0) is 4.79 Å². The molecule has 0 bridgehead atoms. The third-order valence-electron chi connectivity index (χ3n) is 1.28. The van der Waals surface area contributed by atoms with Crippen LogP contribution in [0.5, 0.6) is 0 Å². The maximum absolute atomic E-state index is 10.7. The molecule has 0 aromatic heterocycles. The van der Waals surface area contributed by atoms with E-state index in [4.69, 9.17) is 5.73 Å². The van der Waals surface area contributed by atoms with Crippen molar-refractivity contribution in [1.29, 1.82) is 0 Å². The summed E-state index contributed by atoms with van der Waals surface area (Å²) < 4.78 is 0. The normalized spacial score (nSPS) is 9.27. The van der Waals surface area contributed by atoms with Gasteiger partial charge in [0.25, 0.3) is 0 Å². The first-order chi connectivity index (χ1) is 5.09. The van der Waals surface area contributed by atoms with Crippen LogP contribution in [0.2, 0.25) is 0 Å². The zero-order valence-electron chi connectivity index (χ0n) is 6.67. The van der Waals surface area contributed by atoms with Gasteiger partial charge in [-0.3, -0.25) is 9.69 Å². The predicted octanol–water partition coefficient (Wildman–Crippen LogP) is -1.45. The summed E-state index contributed by atoms with van der Waals surface area (Å²) in [7, 11) is 0. The lowest BCUT2D eigenvalue weighted by atomic mass is 10.4. The molecule has 0 unspecified atom stereocenters. The zero-order valence-corrected chi connectivity index (χ0v) is 6.67. The SMILES string of the molecule is CC(=O)N(CCC[NH3+])C(N)=O. The first-order valence-electron chi connectivity index (χ1n) is 3.46. The summed E-state index contributed by atoms with van der Waals surface area (Å²) in [5.41, 5.74) is 8.51. The third-order valence-corrected chi connectivity index (χ3v) is 1.28. The molecule has 0 saturated heterocycles. The Bertz CT molecular complexity index is 144. The molecule has 0 rings (SSSR count). The van der Waals surface area contributed by atoms with E-state index in [9.17, 15) is 9.59 Å². The van der Waals surface area contributed by atoms with Gasteiger partial charge >= 0.3 is 6.03 Å². The lowest BCUT2D eigenvalue weighted by Gasteiger charge is -2.14. The molecule has 11 heavy (non-hydrogen) atoms. The molecule has 0 aromatic carbocycles. The van der Waals surface area contributed by atoms with Gasteiger partial charge in [-0.1, -0.05) is 0 Å². The number of nitrogens with zero attached hydrogens (tertiary/aromatic N) is 1. The summed E-state index contributed by atoms with van der Waals surface area (Å²) in [6.07, 6.45) is 0.697. The molecule has 0 aliphatic carbocycles. The fraction of sp³-hybridized carbons (Fsp3) is 0.667. The van der Waals surface area contributed by atoms with Crippen molar-refractivity contribution in [1.82, 2.24) is 4.90 Å². The molecule has 0 aliphatic rings. The molecule has 0 radical (unpaired) electrons. The van der Waals surface area contributed by atoms with Gasteiger partial charge in [0.15, 0.2) is 0 Å². The maximum Gasteiger partial charge on any atom is 0.321 e. The van der Waals surface area contributed by atoms with Gasteiger partial charge in [0, 0.05) is 19.9 Å². The second kappa shape index (κ2) is 4.68. The van der Waals surface area contributed by atoms with Crippen molar-refractivity contribution in [3.63, 3.8) is 0 Å². The Morgan fingerprint density at radius 1 is 1.55 bits per heavy atom. The van der Waals surface area contributed by atoms with E-state index in [1.54, 1.807) is 0 Å². The van der Waals surface area contributed by atoms with Crippen LogP contribution in [-0.4, -0.2) is 29.9 Å². The maximum atomic E-state index is 10.7. The van der Waals surface area contributed by atoms with Crippen LogP contribution in [0.3, 0.4) is 0 Å². The molecule has 0 aromatic rings. The summed E-state index contributed by atoms with van der Waals surface area (Å²) in [5, 5.41) is 0. The average molecular weight is 160 g/mol. The molecule has 0 atom stereocenters. The van der Waals surface area contributed by atoms with Crippen LogP contribution in [0.15, 0.2) is 0 Å². The number of amides is 3. The number of imide groups is 1. The quantitative estimate of drug-likeness (QED) is 0.528. The highest BCUT2D eigenvalue weighted by atomic mass is 16.2. The molecule has 0 saturated carbocycles. The van der Waals surface area contributed by atoms with Gasteiger partial charge in [0.2, 0.25) is 5.91 Å². The van der Waals surface area contributed by atoms with E-state index in [0.717, 1.165) is 4.90 Å². The smallest absolute Gasteiger partial charge is 0.321 e. The largest absolute Gasteiger partial charge is 0.358 e. The van der Waals surface area contributed by atoms with Crippen molar-refractivity contribution >= 4 is 11.9 Å². The van der Waals surface area contributed by atoms with E-state index in [1.165, 1.54) is 6.92 Å². The Morgan fingerprint density at radius 2 is 2.09 bits per heavy atom. The third kappa shape index (κ3) is 3.57. The van der Waals surface area contributed by atoms with Gasteiger partial charge < -0.3 is 11.5 Å². The number of quaternary nitrogens is 1. The van der Waals surface area contributed by atoms with E-state index >= 15 is 0 Å². The minimum Gasteiger partial charge on any atom is -0.358 e. The molecule has 5 N–H and O–H groups in total. The van der Waals surface area contributed by atoms with Crippen LogP contribution >= 0.6 is 0 Å². The van der Waals surface area contributed by atoms with Crippen LogP contribution < -0.4 is 11.5 Å². The van der Waals surface area contributed by atoms with Crippen LogP contribution in [0.1, 0.15) is 13.3 Å². The van der Waals surface area contributed by atoms with Crippen molar-refractivity contribution in [2.24, 2.45) is 5.73 Å². The molecule has 0 heterocycles. The van der Waals surface area contributed by atoms with Gasteiger partial charge in [0.05, 0.1) is 6.54 Å². The summed E-state index contributed by atoms with van der Waals surface area (Å²) in [5.74, 6) is -0.314. The standard InChI is InChI=1S/C6H13N3O2/c1-5(10)9(6(8)11)4-2-3-7/h2-4,7H2,1H3,(H2,8,11)/p+1. The van der Waals surface area contributed by atoms with E-state index in [2.05, 4.69) is 5.73 Å². The van der Waals surface area contributed by atoms with Crippen molar-refractivity contribution in [3.8, 4) is 0 Å². The lowest BCUT2D eigenvalue weighted by molar-refractivity contribution is -0.368. The number of carbonyl (C=O) groups is 2. The lowest BCUT2D eigenvalue weighted by Crippen LogP contribution is -2.52. The highest BCUT2D eigenvalue weighted by Gasteiger charge is 2.12. The number of primary amides is 1. The Balaban J connectivity index is 3.90. The molecule has 3 amide bonds. The van der Waals surface area contributed by atoms with Gasteiger partial charge in [-0.2, -0.15) is 0 Å². The predicted molar refractivity (Wildman–Crippen MR) is 39.3 cm³/mol. The molecular weight excluding hydrogens is 146 g/mol. The number of rotatable bonds is 3. The summed E-state index contributed by atoms with van der Waals surface area (Å²) in [4.78, 5) is 22.3. The van der Waals surface area contributed by atoms with E-state index < -0.39 is 6.03 Å². The number of nitrogens with two attached hydrogens (primary N) is 1. The van der Waals surface area contributed by atoms with Gasteiger partial charge in [-0.25, -0.2) is 4.79 Å². The van der Waals surface area contributed by atoms with Crippen molar-refractivity contribution < 1.29 is 15.3 Å². The second-order valence-electron chi connectivity index (χ2n) is 2.22. The summed E-state index contributed by atoms with van der Waals surface area (Å²) in [6.45, 7) is 2.37. The minimum absolute atomic E-state index is 0.314. The zero-order chi connectivity index (χ0) is 8.85. The molecule has 0 aliphatic heterocycles. The first-order valence-corrected chi connectivity index (χ1v) is 3.46. The Labute approximate surface area is 65.3 Å². The van der Waals surface area contributed by atoms with E-state index in [-0.39, 0.29) is 5.91 Å². The molecule has 5 heteroatoms.